The summed E-state index contributed by atoms with van der Waals surface area (Å²) >= 11 is 1.67. The number of β-amino-alcohol motifs (C(OH)–C–C–N with tert-alkyl or cyclic N) is 1. The molecule has 2 aromatic heterocycles. The molecule has 1 aliphatic heterocycles. The third-order valence-corrected chi connectivity index (χ3v) is 7.63. The van der Waals surface area contributed by atoms with E-state index in [0.717, 1.165) is 52.7 Å². The van der Waals surface area contributed by atoms with Crippen molar-refractivity contribution >= 4 is 21.6 Å². The van der Waals surface area contributed by atoms with E-state index in [-0.39, 0.29) is 12.0 Å². The molecule has 0 bridgehead atoms. The molecule has 1 aliphatic rings. The highest BCUT2D eigenvalue weighted by molar-refractivity contribution is 7.18. The van der Waals surface area contributed by atoms with Crippen LogP contribution >= 0.6 is 11.3 Å². The maximum atomic E-state index is 10.5. The first-order chi connectivity index (χ1) is 17.7. The fourth-order valence-electron chi connectivity index (χ4n) is 4.53. The van der Waals surface area contributed by atoms with E-state index >= 15 is 0 Å². The van der Waals surface area contributed by atoms with Gasteiger partial charge in [0.25, 0.3) is 0 Å². The minimum Gasteiger partial charge on any atom is -0.491 e. The van der Waals surface area contributed by atoms with Crippen molar-refractivity contribution in [3.8, 4) is 17.1 Å². The lowest BCUT2D eigenvalue weighted by molar-refractivity contribution is 0.0426. The second-order valence-corrected chi connectivity index (χ2v) is 12.0. The number of benzene rings is 2. The average Bonchev–Trinajstić information content (AvgIpc) is 3.49. The Morgan fingerprint density at radius 1 is 1.03 bits per heavy atom. The minimum absolute atomic E-state index is 0.113. The van der Waals surface area contributed by atoms with Crippen molar-refractivity contribution in [3.63, 3.8) is 0 Å². The molecule has 0 amide bonds. The molecule has 1 fully saturated rings. The SMILES string of the molecule is Cc1nc2cc(OCC(O)CN3CCN(Cc4nc(-c5ccc(C(C)(C)C)cc5)no4)CC3)ccc2s1. The summed E-state index contributed by atoms with van der Waals surface area (Å²) in [6.45, 7) is 13.6. The number of ether oxygens (including phenoxy) is 1. The lowest BCUT2D eigenvalue weighted by Gasteiger charge is -2.34. The van der Waals surface area contributed by atoms with Crippen LogP contribution in [-0.4, -0.2) is 75.5 Å². The van der Waals surface area contributed by atoms with Crippen molar-refractivity contribution in [1.82, 2.24) is 24.9 Å². The number of piperazine rings is 1. The molecule has 5 rings (SSSR count). The summed E-state index contributed by atoms with van der Waals surface area (Å²) in [5, 5.41) is 15.8. The van der Waals surface area contributed by atoms with Gasteiger partial charge in [-0.2, -0.15) is 4.98 Å². The summed E-state index contributed by atoms with van der Waals surface area (Å²) in [7, 11) is 0. The highest BCUT2D eigenvalue weighted by Gasteiger charge is 2.22. The summed E-state index contributed by atoms with van der Waals surface area (Å²) in [5.74, 6) is 2.00. The molecule has 4 aromatic rings. The molecule has 0 aliphatic carbocycles. The summed E-state index contributed by atoms with van der Waals surface area (Å²) < 4.78 is 12.5. The van der Waals surface area contributed by atoms with Crippen molar-refractivity contribution in [2.75, 3.05) is 39.3 Å². The largest absolute Gasteiger partial charge is 0.491 e. The Labute approximate surface area is 221 Å². The molecule has 2 aromatic carbocycles. The number of hydrogen-bond acceptors (Lipinski definition) is 9. The Kier molecular flexibility index (Phi) is 7.57. The van der Waals surface area contributed by atoms with Crippen molar-refractivity contribution in [2.45, 2.75) is 45.8 Å². The number of aliphatic hydroxyl groups excluding tert-OH is 1. The lowest BCUT2D eigenvalue weighted by atomic mass is 9.87. The van der Waals surface area contributed by atoms with Crippen LogP contribution < -0.4 is 4.74 Å². The maximum absolute atomic E-state index is 10.5. The van der Waals surface area contributed by atoms with Crippen molar-refractivity contribution in [1.29, 1.82) is 0 Å². The Hall–Kier alpha value is -2.85. The first kappa shape index (κ1) is 25.8. The van der Waals surface area contributed by atoms with E-state index in [4.69, 9.17) is 9.26 Å². The van der Waals surface area contributed by atoms with Gasteiger partial charge in [0.15, 0.2) is 0 Å². The molecule has 1 unspecified atom stereocenters. The molecule has 37 heavy (non-hydrogen) atoms. The Balaban J connectivity index is 1.06. The van der Waals surface area contributed by atoms with Crippen molar-refractivity contribution in [2.24, 2.45) is 0 Å². The smallest absolute Gasteiger partial charge is 0.241 e. The van der Waals surface area contributed by atoms with Gasteiger partial charge in [0, 0.05) is 44.4 Å². The van der Waals surface area contributed by atoms with Crippen LogP contribution in [-0.2, 0) is 12.0 Å². The monoisotopic (exact) mass is 521 g/mol. The van der Waals surface area contributed by atoms with Gasteiger partial charge in [-0.3, -0.25) is 9.80 Å². The molecule has 9 heteroatoms. The summed E-state index contributed by atoms with van der Waals surface area (Å²) in [6, 6.07) is 14.3. The number of rotatable bonds is 8. The third kappa shape index (κ3) is 6.54. The van der Waals surface area contributed by atoms with Crippen LogP contribution in [0.5, 0.6) is 5.75 Å². The van der Waals surface area contributed by atoms with E-state index in [2.05, 4.69) is 70.0 Å². The number of aliphatic hydroxyl groups is 1. The predicted molar refractivity (Wildman–Crippen MR) is 146 cm³/mol. The van der Waals surface area contributed by atoms with Crippen LogP contribution in [0.4, 0.5) is 0 Å². The van der Waals surface area contributed by atoms with E-state index in [9.17, 15) is 5.11 Å². The Bertz CT molecular complexity index is 1320. The average molecular weight is 522 g/mol. The molecule has 1 saturated heterocycles. The fraction of sp³-hybridized carbons (Fsp3) is 0.464. The van der Waals surface area contributed by atoms with Crippen LogP contribution in [0.2, 0.25) is 0 Å². The van der Waals surface area contributed by atoms with Crippen molar-refractivity contribution < 1.29 is 14.4 Å². The molecular weight excluding hydrogens is 486 g/mol. The minimum atomic E-state index is -0.553. The standard InChI is InChI=1S/C28H35N5O3S/c1-19-29-24-15-23(9-10-25(24)37-19)35-18-22(34)16-32-11-13-33(14-12-32)17-26-30-27(31-36-26)20-5-7-21(8-6-20)28(2,3)4/h5-10,15,22,34H,11-14,16-18H2,1-4H3. The lowest BCUT2D eigenvalue weighted by Crippen LogP contribution is -2.48. The van der Waals surface area contributed by atoms with Gasteiger partial charge in [-0.05, 0) is 30.0 Å². The Morgan fingerprint density at radius 3 is 2.49 bits per heavy atom. The van der Waals surface area contributed by atoms with Gasteiger partial charge in [-0.15, -0.1) is 11.3 Å². The zero-order valence-electron chi connectivity index (χ0n) is 22.0. The normalized spacial score (nSPS) is 16.4. The highest BCUT2D eigenvalue weighted by atomic mass is 32.1. The molecule has 3 heterocycles. The van der Waals surface area contributed by atoms with Crippen LogP contribution in [0.25, 0.3) is 21.6 Å². The molecular formula is C28H35N5O3S. The number of nitrogens with zero attached hydrogens (tertiary/aromatic N) is 5. The number of aryl methyl sites for hydroxylation is 1. The molecule has 0 spiro atoms. The van der Waals surface area contributed by atoms with Gasteiger partial charge in [-0.25, -0.2) is 4.98 Å². The van der Waals surface area contributed by atoms with Gasteiger partial charge in [-0.1, -0.05) is 50.2 Å². The summed E-state index contributed by atoms with van der Waals surface area (Å²) in [4.78, 5) is 13.7. The second kappa shape index (κ2) is 10.9. The van der Waals surface area contributed by atoms with Crippen LogP contribution in [0.1, 0.15) is 37.2 Å². The topological polar surface area (TPSA) is 87.8 Å². The van der Waals surface area contributed by atoms with Gasteiger partial charge < -0.3 is 14.4 Å². The number of fused-ring (bicyclic) bond motifs is 1. The van der Waals surface area contributed by atoms with E-state index in [1.165, 1.54) is 5.56 Å². The van der Waals surface area contributed by atoms with Crippen LogP contribution in [0, 0.1) is 6.92 Å². The zero-order valence-corrected chi connectivity index (χ0v) is 22.8. The molecule has 8 nitrogen and oxygen atoms in total. The van der Waals surface area contributed by atoms with Crippen LogP contribution in [0.15, 0.2) is 47.0 Å². The first-order valence-electron chi connectivity index (χ1n) is 12.8. The Morgan fingerprint density at radius 2 is 1.76 bits per heavy atom. The fourth-order valence-corrected chi connectivity index (χ4v) is 5.34. The number of aromatic nitrogens is 3. The van der Waals surface area contributed by atoms with Gasteiger partial charge in [0.2, 0.25) is 11.7 Å². The highest BCUT2D eigenvalue weighted by Crippen LogP contribution is 2.26. The van der Waals surface area contributed by atoms with Crippen LogP contribution in [0.3, 0.4) is 0 Å². The van der Waals surface area contributed by atoms with Gasteiger partial charge in [0.1, 0.15) is 18.5 Å². The number of hydrogen-bond donors (Lipinski definition) is 1. The zero-order chi connectivity index (χ0) is 26.0. The van der Waals surface area contributed by atoms with Gasteiger partial charge in [0.05, 0.1) is 21.8 Å². The maximum Gasteiger partial charge on any atom is 0.241 e. The van der Waals surface area contributed by atoms with Crippen molar-refractivity contribution in [3.05, 3.63) is 58.9 Å². The summed E-state index contributed by atoms with van der Waals surface area (Å²) in [5.41, 5.74) is 3.30. The molecule has 0 saturated carbocycles. The van der Waals surface area contributed by atoms with Gasteiger partial charge >= 0.3 is 0 Å². The van der Waals surface area contributed by atoms with E-state index in [0.29, 0.717) is 24.8 Å². The summed E-state index contributed by atoms with van der Waals surface area (Å²) in [6.07, 6.45) is -0.553. The third-order valence-electron chi connectivity index (χ3n) is 6.68. The van der Waals surface area contributed by atoms with E-state index < -0.39 is 6.10 Å². The molecule has 1 N–H and O–H groups in total. The first-order valence-corrected chi connectivity index (χ1v) is 13.6. The molecule has 1 atom stereocenters. The second-order valence-electron chi connectivity index (χ2n) is 10.7. The quantitative estimate of drug-likeness (QED) is 0.362. The number of thiazole rings is 1. The molecule has 0 radical (unpaired) electrons. The van der Waals surface area contributed by atoms with E-state index in [1.54, 1.807) is 11.3 Å². The molecule has 196 valence electrons. The van der Waals surface area contributed by atoms with E-state index in [1.807, 2.05) is 25.1 Å². The predicted octanol–water partition coefficient (Wildman–Crippen LogP) is 4.51.